The van der Waals surface area contributed by atoms with Crippen molar-refractivity contribution in [3.63, 3.8) is 0 Å². The molecule has 32 heavy (non-hydrogen) atoms. The lowest BCUT2D eigenvalue weighted by molar-refractivity contribution is -0.00604. The summed E-state index contributed by atoms with van der Waals surface area (Å²) >= 11 is 0. The Morgan fingerprint density at radius 1 is 1.09 bits per heavy atom. The van der Waals surface area contributed by atoms with Gasteiger partial charge in [-0.25, -0.2) is 15.0 Å². The average Bonchev–Trinajstić information content (AvgIpc) is 3.47. The van der Waals surface area contributed by atoms with E-state index in [2.05, 4.69) is 24.9 Å². The number of rotatable bonds is 7. The van der Waals surface area contributed by atoms with Crippen molar-refractivity contribution in [2.75, 3.05) is 13.7 Å². The van der Waals surface area contributed by atoms with Crippen LogP contribution in [0, 0.1) is 0 Å². The van der Waals surface area contributed by atoms with Crippen LogP contribution in [0.3, 0.4) is 0 Å². The topological polar surface area (TPSA) is 87.1 Å². The molecule has 0 fully saturated rings. The van der Waals surface area contributed by atoms with Crippen molar-refractivity contribution in [1.29, 1.82) is 0 Å². The van der Waals surface area contributed by atoms with Gasteiger partial charge in [-0.3, -0.25) is 4.94 Å². The highest BCUT2D eigenvalue weighted by atomic mass is 35.5. The minimum Gasteiger partial charge on any atom is -0.493 e. The highest BCUT2D eigenvalue weighted by Gasteiger charge is 2.16. The van der Waals surface area contributed by atoms with E-state index in [1.165, 1.54) is 6.33 Å². The number of imidazole rings is 1. The summed E-state index contributed by atoms with van der Waals surface area (Å²) in [5.74, 6) is 1.32. The molecule has 0 saturated carbocycles. The highest BCUT2D eigenvalue weighted by molar-refractivity contribution is 6.03. The number of aromatic nitrogens is 5. The van der Waals surface area contributed by atoms with Gasteiger partial charge in [-0.2, -0.15) is 0 Å². The first-order chi connectivity index (χ1) is 15.3. The van der Waals surface area contributed by atoms with E-state index in [4.69, 9.17) is 9.47 Å². The van der Waals surface area contributed by atoms with Gasteiger partial charge in [0.05, 0.1) is 31.2 Å². The van der Waals surface area contributed by atoms with Gasteiger partial charge in [0.15, 0.2) is 17.2 Å². The molecule has 2 aromatic carbocycles. The van der Waals surface area contributed by atoms with Gasteiger partial charge >= 0.3 is 0 Å². The largest absolute Gasteiger partial charge is 0.493 e. The molecule has 0 amide bonds. The maximum Gasteiger partial charge on any atom is 0.174 e. The normalized spacial score (nSPS) is 10.8. The summed E-state index contributed by atoms with van der Waals surface area (Å²) in [6, 6.07) is 8.66. The Kier molecular flexibility index (Phi) is 6.09. The van der Waals surface area contributed by atoms with E-state index >= 15 is 0 Å². The van der Waals surface area contributed by atoms with Gasteiger partial charge in [0.2, 0.25) is 0 Å². The second kappa shape index (κ2) is 9.11. The zero-order chi connectivity index (χ0) is 21.2. The van der Waals surface area contributed by atoms with E-state index in [1.807, 2.05) is 29.1 Å². The zero-order valence-corrected chi connectivity index (χ0v) is 17.8. The molecule has 0 aliphatic rings. The molecule has 1 N–H and O–H groups in total. The molecule has 8 nitrogen and oxygen atoms in total. The Morgan fingerprint density at radius 3 is 2.78 bits per heavy atom. The molecule has 0 saturated heterocycles. The maximum atomic E-state index is 12.5. The second-order valence-corrected chi connectivity index (χ2v) is 6.88. The number of hydrogen-bond donors (Lipinski definition) is 1. The molecule has 3 heterocycles. The molecular weight excluding hydrogens is 437 g/mol. The molecule has 0 radical (unpaired) electrons. The summed E-state index contributed by atoms with van der Waals surface area (Å²) in [6.07, 6.45) is 8.69. The number of halogens is 2. The molecule has 164 valence electrons. The van der Waals surface area contributed by atoms with Gasteiger partial charge in [-0.05, 0) is 18.2 Å². The van der Waals surface area contributed by atoms with Crippen LogP contribution < -0.4 is 14.4 Å². The van der Waals surface area contributed by atoms with Crippen molar-refractivity contribution in [2.45, 2.75) is 6.54 Å². The monoisotopic (exact) mass is 455 g/mol. The van der Waals surface area contributed by atoms with Crippen LogP contribution in [0.1, 0.15) is 0 Å². The van der Waals surface area contributed by atoms with Crippen LogP contribution in [0.25, 0.3) is 33.1 Å². The molecule has 5 aromatic rings. The zero-order valence-electron chi connectivity index (χ0n) is 17.0. The number of aromatic amines is 1. The van der Waals surface area contributed by atoms with Crippen molar-refractivity contribution < 1.29 is 18.9 Å². The van der Waals surface area contributed by atoms with Crippen molar-refractivity contribution in [1.82, 2.24) is 24.5 Å². The third-order valence-corrected chi connectivity index (χ3v) is 5.08. The molecule has 5 rings (SSSR count). The van der Waals surface area contributed by atoms with E-state index in [9.17, 15) is 4.53 Å². The van der Waals surface area contributed by atoms with Gasteiger partial charge < -0.3 is 19.0 Å². The first kappa shape index (κ1) is 21.4. The highest BCUT2D eigenvalue weighted by Crippen LogP contribution is 2.38. The Bertz CT molecular complexity index is 1360. The van der Waals surface area contributed by atoms with Crippen LogP contribution in [0.4, 0.5) is 4.53 Å². The summed E-state index contributed by atoms with van der Waals surface area (Å²) in [5.41, 5.74) is 3.06. The Hall–Kier alpha value is -3.85. The summed E-state index contributed by atoms with van der Waals surface area (Å²) in [4.78, 5) is 19.9. The van der Waals surface area contributed by atoms with E-state index in [1.54, 1.807) is 37.8 Å². The SMILES string of the molecule is COc1cc2c(-c3c[nH]c4cc(OF)ccc34)ncnc2cc1OCCn1ccnc1.Cl. The number of ether oxygens (including phenoxy) is 2. The Labute approximate surface area is 188 Å². The molecule has 0 atom stereocenters. The fourth-order valence-electron chi connectivity index (χ4n) is 3.58. The molecular formula is C22H19ClFN5O3. The lowest BCUT2D eigenvalue weighted by Gasteiger charge is -2.13. The average molecular weight is 456 g/mol. The number of nitrogens with one attached hydrogen (secondary N) is 1. The first-order valence-corrected chi connectivity index (χ1v) is 9.58. The molecule has 0 bridgehead atoms. The smallest absolute Gasteiger partial charge is 0.174 e. The van der Waals surface area contributed by atoms with Crippen molar-refractivity contribution >= 4 is 34.2 Å². The standard InChI is InChI=1S/C22H18FN5O3.ClH/c1-29-20-9-16-19(10-21(20)30-7-6-28-5-4-24-13-28)26-12-27-22(16)17-11-25-18-8-14(31-23)2-3-15(17)18;/h2-5,8-13,25H,6-7H2,1H3;1H. The number of fused-ring (bicyclic) bond motifs is 2. The third-order valence-electron chi connectivity index (χ3n) is 5.08. The predicted molar refractivity (Wildman–Crippen MR) is 120 cm³/mol. The van der Waals surface area contributed by atoms with Crippen LogP contribution in [0.5, 0.6) is 17.2 Å². The maximum absolute atomic E-state index is 12.5. The third kappa shape index (κ3) is 3.90. The minimum atomic E-state index is 0. The van der Waals surface area contributed by atoms with Crippen molar-refractivity contribution in [3.05, 3.63) is 61.6 Å². The van der Waals surface area contributed by atoms with Gasteiger partial charge in [0.1, 0.15) is 12.9 Å². The fourth-order valence-corrected chi connectivity index (χ4v) is 3.58. The van der Waals surface area contributed by atoms with Crippen molar-refractivity contribution in [3.8, 4) is 28.5 Å². The first-order valence-electron chi connectivity index (χ1n) is 9.58. The van der Waals surface area contributed by atoms with Gasteiger partial charge in [0, 0.05) is 57.1 Å². The van der Waals surface area contributed by atoms with Crippen LogP contribution >= 0.6 is 12.4 Å². The van der Waals surface area contributed by atoms with E-state index < -0.39 is 0 Å². The number of nitrogens with zero attached hydrogens (tertiary/aromatic N) is 4. The lowest BCUT2D eigenvalue weighted by atomic mass is 10.0. The number of methoxy groups -OCH3 is 1. The van der Waals surface area contributed by atoms with Crippen LogP contribution in [-0.4, -0.2) is 38.2 Å². The van der Waals surface area contributed by atoms with Crippen molar-refractivity contribution in [2.24, 2.45) is 0 Å². The lowest BCUT2D eigenvalue weighted by Crippen LogP contribution is -2.07. The van der Waals surface area contributed by atoms with E-state index in [-0.39, 0.29) is 18.2 Å². The second-order valence-electron chi connectivity index (χ2n) is 6.88. The predicted octanol–water partition coefficient (Wildman–Crippen LogP) is 4.75. The van der Waals surface area contributed by atoms with Crippen LogP contribution in [0.15, 0.2) is 61.6 Å². The summed E-state index contributed by atoms with van der Waals surface area (Å²) in [7, 11) is 1.59. The quantitative estimate of drug-likeness (QED) is 0.381. The molecule has 0 unspecified atom stereocenters. The van der Waals surface area contributed by atoms with E-state index in [0.717, 1.165) is 33.1 Å². The van der Waals surface area contributed by atoms with Gasteiger partial charge in [0.25, 0.3) is 0 Å². The minimum absolute atomic E-state index is 0. The van der Waals surface area contributed by atoms with Gasteiger partial charge in [-0.15, -0.1) is 12.4 Å². The van der Waals surface area contributed by atoms with Gasteiger partial charge in [-0.1, -0.05) is 0 Å². The molecule has 10 heteroatoms. The molecule has 0 aliphatic heterocycles. The number of benzene rings is 2. The molecule has 0 spiro atoms. The molecule has 3 aromatic heterocycles. The summed E-state index contributed by atoms with van der Waals surface area (Å²) < 4.78 is 26.0. The summed E-state index contributed by atoms with van der Waals surface area (Å²) in [6.45, 7) is 1.12. The van der Waals surface area contributed by atoms with E-state index in [0.29, 0.717) is 24.7 Å². The van der Waals surface area contributed by atoms with Crippen LogP contribution in [-0.2, 0) is 6.54 Å². The summed E-state index contributed by atoms with van der Waals surface area (Å²) in [5, 5.41) is 1.70. The number of hydrogen-bond acceptors (Lipinski definition) is 6. The van der Waals surface area contributed by atoms with Crippen LogP contribution in [0.2, 0.25) is 0 Å². The molecule has 0 aliphatic carbocycles. The fraction of sp³-hybridized carbons (Fsp3) is 0.136. The Balaban J connectivity index is 0.00000245. The number of H-pyrrole nitrogens is 1. The Morgan fingerprint density at radius 2 is 2.00 bits per heavy atom.